The summed E-state index contributed by atoms with van der Waals surface area (Å²) in [4.78, 5) is 233. The molecule has 2 aliphatic heterocycles. The number of carbonyl (C=O) groups excluding carboxylic acids is 20. The average Bonchev–Trinajstić information content (AvgIpc) is 0.829. The summed E-state index contributed by atoms with van der Waals surface area (Å²) in [5.41, 5.74) is 0. The van der Waals surface area contributed by atoms with E-state index >= 15 is 0 Å². The van der Waals surface area contributed by atoms with Crippen LogP contribution < -0.4 is 0 Å². The smallest absolute Gasteiger partial charge is 0.309 e. The first kappa shape index (κ1) is 129. The van der Waals surface area contributed by atoms with Crippen LogP contribution in [-0.4, -0.2) is 239 Å². The van der Waals surface area contributed by atoms with Crippen molar-refractivity contribution in [3.8, 4) is 0 Å². The Hall–Kier alpha value is -7.52. The van der Waals surface area contributed by atoms with Crippen LogP contribution in [0.4, 0.5) is 0 Å². The van der Waals surface area contributed by atoms with Gasteiger partial charge in [0.15, 0.2) is 11.6 Å². The molecule has 0 spiro atoms. The number of ketones is 17. The lowest BCUT2D eigenvalue weighted by atomic mass is 9.68. The van der Waals surface area contributed by atoms with Crippen molar-refractivity contribution >= 4 is 116 Å². The molecule has 0 aromatic rings. The van der Waals surface area contributed by atoms with E-state index < -0.39 is 12.0 Å². The molecule has 0 radical (unpaired) electrons. The van der Waals surface area contributed by atoms with Crippen molar-refractivity contribution in [3.63, 3.8) is 0 Å². The third kappa shape index (κ3) is 67.7. The number of aliphatic hydroxyl groups excluding tert-OH is 2. The van der Waals surface area contributed by atoms with Gasteiger partial charge in [-0.25, -0.2) is 0 Å². The van der Waals surface area contributed by atoms with Crippen LogP contribution in [0.5, 0.6) is 0 Å². The van der Waals surface area contributed by atoms with Gasteiger partial charge in [-0.15, -0.1) is 0 Å². The monoisotopic (exact) mass is 1900 g/mol. The van der Waals surface area contributed by atoms with E-state index in [0.29, 0.717) is 206 Å². The first-order valence-corrected chi connectivity index (χ1v) is 49.4. The summed E-state index contributed by atoms with van der Waals surface area (Å²) in [5, 5.41) is 19.8. The number of cyclic esters (lactones) is 2. The lowest BCUT2D eigenvalue weighted by molar-refractivity contribution is -0.167. The highest BCUT2D eigenvalue weighted by molar-refractivity contribution is 5.92. The van der Waals surface area contributed by atoms with Gasteiger partial charge >= 0.3 is 17.9 Å². The second kappa shape index (κ2) is 80.4. The summed E-state index contributed by atoms with van der Waals surface area (Å²) in [6.07, 6.45) is 22.3. The molecule has 0 amide bonds. The average molecular weight is 1900 g/mol. The highest BCUT2D eigenvalue weighted by atomic mass is 16.6. The minimum Gasteiger partial charge on any atom is -0.462 e. The Kier molecular flexibility index (Phi) is 77.1. The third-order valence-corrected chi connectivity index (χ3v) is 24.6. The number of methoxy groups -OCH3 is 6. The van der Waals surface area contributed by atoms with Gasteiger partial charge in [0.2, 0.25) is 0 Å². The van der Waals surface area contributed by atoms with Crippen LogP contribution in [-0.2, 0) is 139 Å². The second-order valence-electron chi connectivity index (χ2n) is 36.4. The lowest BCUT2D eigenvalue weighted by Gasteiger charge is -2.38. The van der Waals surface area contributed by atoms with Gasteiger partial charge in [0.25, 0.3) is 0 Å². The van der Waals surface area contributed by atoms with Crippen molar-refractivity contribution in [1.82, 2.24) is 0 Å². The van der Waals surface area contributed by atoms with Crippen molar-refractivity contribution in [2.45, 2.75) is 407 Å². The normalized spacial score (nSPS) is 19.7. The molecule has 134 heavy (non-hydrogen) atoms. The van der Waals surface area contributed by atoms with Crippen molar-refractivity contribution in [3.05, 3.63) is 0 Å². The minimum atomic E-state index is -0.631. The van der Waals surface area contributed by atoms with E-state index in [-0.39, 0.29) is 273 Å². The van der Waals surface area contributed by atoms with Crippen LogP contribution in [0.1, 0.15) is 377 Å². The fourth-order valence-electron chi connectivity index (χ4n) is 16.3. The topological polar surface area (TPSA) is 465 Å². The summed E-state index contributed by atoms with van der Waals surface area (Å²) < 4.78 is 44.8. The fourth-order valence-corrected chi connectivity index (χ4v) is 16.3. The molecular formula is C103H170O31. The largest absolute Gasteiger partial charge is 0.462 e. The molecule has 13 unspecified atom stereocenters. The fraction of sp³-hybridized carbons (Fsp3) is 0.806. The van der Waals surface area contributed by atoms with Crippen LogP contribution in [0.2, 0.25) is 0 Å². The Bertz CT molecular complexity index is 3500. The van der Waals surface area contributed by atoms with Crippen LogP contribution in [0, 0.1) is 47.3 Å². The number of Topliss-reactive ketones (excluding diaryl/α,β-unsaturated/α-hetero) is 17. The molecule has 4 rings (SSSR count). The Labute approximate surface area is 798 Å². The van der Waals surface area contributed by atoms with Gasteiger partial charge < -0.3 is 62.4 Å². The maximum absolute atomic E-state index is 12.4. The standard InChI is InChI=1S/2C19H32O5.C17H28O6.C16H24O5.C16H26O5.C16H28O5/c1-4-18(22)17-9-7-15(11-14(17)6-5-13(2)20)19(23)10-8-16(21)12-24-3;1-4-17(21)14-16(8-7-15(2)20)9-10-19(23)12-11-18(22)6-5-13-24-3;1-22-12-15(20)7-6-14(19)9-11-16-10-8-13(18)4-2-3-5-17(21)23-16;1-11(17)13-7-12(8-16(20)9-13)3-4-14(18)5-6-15(19)10-21-2;1-4-5-13-10-14(11(2)16(19)21-13)15(18)7-6-12(17)8-9-20-3;1-4-6-15(21-16(19)5-2)10-9-13(17)7-8-14(18)11-12-20-3/h14-15,17-18,22H,4-12H2,1-3H3;16H,4-14H2,1-3H3;15-16,20H,2-12H2,1H3;12-13H,3-10H2,1-2H3;11,13-14H,4-10H2,1-3H3;15H,4-12H2,1-3H3. The Morgan fingerprint density at radius 2 is 0.940 bits per heavy atom. The van der Waals surface area contributed by atoms with Gasteiger partial charge in [-0.2, -0.15) is 0 Å². The molecule has 13 atom stereocenters. The molecule has 4 aliphatic rings. The summed E-state index contributed by atoms with van der Waals surface area (Å²) >= 11 is 0. The molecule has 2 aliphatic carbocycles. The molecule has 0 bridgehead atoms. The van der Waals surface area contributed by atoms with Crippen LogP contribution in [0.25, 0.3) is 0 Å². The van der Waals surface area contributed by atoms with E-state index in [9.17, 15) is 106 Å². The quantitative estimate of drug-likeness (QED) is 0.0324. The maximum Gasteiger partial charge on any atom is 0.309 e. The van der Waals surface area contributed by atoms with Crippen LogP contribution in [0.3, 0.4) is 0 Å². The van der Waals surface area contributed by atoms with Crippen molar-refractivity contribution < 1.29 is 149 Å². The second-order valence-corrected chi connectivity index (χ2v) is 36.4. The first-order chi connectivity index (χ1) is 63.7. The van der Waals surface area contributed by atoms with E-state index in [2.05, 4.69) is 0 Å². The van der Waals surface area contributed by atoms with E-state index in [1.54, 1.807) is 49.0 Å². The molecule has 2 saturated heterocycles. The zero-order valence-corrected chi connectivity index (χ0v) is 84.1. The number of hydrogen-bond donors (Lipinski definition) is 2. The van der Waals surface area contributed by atoms with Crippen molar-refractivity contribution in [2.75, 3.05) is 82.3 Å². The number of ether oxygens (including phenoxy) is 9. The summed E-state index contributed by atoms with van der Waals surface area (Å²) in [7, 11) is 9.11. The van der Waals surface area contributed by atoms with Crippen molar-refractivity contribution in [1.29, 1.82) is 0 Å². The van der Waals surface area contributed by atoms with Gasteiger partial charge in [-0.3, -0.25) is 86.3 Å². The Balaban J connectivity index is 0. The first-order valence-electron chi connectivity index (χ1n) is 49.4. The Morgan fingerprint density at radius 1 is 0.418 bits per heavy atom. The van der Waals surface area contributed by atoms with E-state index in [4.69, 9.17) is 42.6 Å². The maximum atomic E-state index is 12.4. The third-order valence-electron chi connectivity index (χ3n) is 24.6. The highest BCUT2D eigenvalue weighted by Crippen LogP contribution is 2.41. The molecule has 2 N–H and O–H groups in total. The molecule has 31 heteroatoms. The minimum absolute atomic E-state index is 0.00557. The lowest BCUT2D eigenvalue weighted by Crippen LogP contribution is -2.40. The van der Waals surface area contributed by atoms with E-state index in [1.165, 1.54) is 28.3 Å². The molecule has 2 saturated carbocycles. The summed E-state index contributed by atoms with van der Waals surface area (Å²) in [6.45, 7) is 17.6. The molecular weight excluding hydrogens is 1730 g/mol. The van der Waals surface area contributed by atoms with Gasteiger partial charge in [-0.05, 0) is 166 Å². The van der Waals surface area contributed by atoms with E-state index in [0.717, 1.165) is 57.8 Å². The number of hydrogen-bond acceptors (Lipinski definition) is 31. The van der Waals surface area contributed by atoms with Gasteiger partial charge in [-0.1, -0.05) is 54.4 Å². The molecule has 0 aromatic heterocycles. The van der Waals surface area contributed by atoms with E-state index in [1.807, 2.05) is 27.7 Å². The zero-order chi connectivity index (χ0) is 101. The van der Waals surface area contributed by atoms with Crippen LogP contribution in [0.15, 0.2) is 0 Å². The van der Waals surface area contributed by atoms with Gasteiger partial charge in [0, 0.05) is 247 Å². The number of aliphatic hydroxyl groups is 2. The molecule has 31 nitrogen and oxygen atoms in total. The zero-order valence-electron chi connectivity index (χ0n) is 84.1. The number of rotatable bonds is 66. The van der Waals surface area contributed by atoms with Crippen molar-refractivity contribution in [2.24, 2.45) is 47.3 Å². The number of esters is 3. The SMILES string of the molecule is CCC(=O)CC(CCC(C)=O)CCC(=O)CCC(=O)CCCOC.CCC(O)C1CCC(C(=O)CCC(=O)COC)CC1CCC(C)=O.CCCC(CCC(=O)CCC(=O)CCOC)OC(=O)CC.CCCC1CC(C(=O)CCC(=O)CCOC)C(C)C(=O)O1.COCC(=O)CCC(=O)CCC1CC(=O)CC(C(C)=O)C1.COCC(O)CCC(=O)CCC1CCC(=O)CCCCC(=O)O1. The number of carbonyl (C=O) groups is 20. The predicted molar refractivity (Wildman–Crippen MR) is 503 cm³/mol. The predicted octanol–water partition coefficient (Wildman–Crippen LogP) is 15.2. The summed E-state index contributed by atoms with van der Waals surface area (Å²) in [5.74, 6) is 0.0850. The molecule has 2 heterocycles. The molecule has 768 valence electrons. The van der Waals surface area contributed by atoms with Crippen LogP contribution >= 0.6 is 0 Å². The highest BCUT2D eigenvalue weighted by Gasteiger charge is 2.40. The molecule has 4 fully saturated rings. The van der Waals surface area contributed by atoms with Gasteiger partial charge in [0.1, 0.15) is 118 Å². The Morgan fingerprint density at radius 3 is 1.49 bits per heavy atom. The summed E-state index contributed by atoms with van der Waals surface area (Å²) in [6, 6.07) is 0. The molecule has 0 aromatic carbocycles. The van der Waals surface area contributed by atoms with Gasteiger partial charge in [0.05, 0.1) is 37.9 Å².